The molecule has 1 N–H and O–H groups in total. The first-order chi connectivity index (χ1) is 8.58. The predicted octanol–water partition coefficient (Wildman–Crippen LogP) is 2.41. The molecular weight excluding hydrogens is 226 g/mol. The Morgan fingerprint density at radius 1 is 1.22 bits per heavy atom. The van der Waals surface area contributed by atoms with Crippen LogP contribution in [0, 0.1) is 0 Å². The van der Waals surface area contributed by atoms with E-state index in [1.807, 2.05) is 29.2 Å². The molecule has 18 heavy (non-hydrogen) atoms. The van der Waals surface area contributed by atoms with Gasteiger partial charge >= 0.3 is 0 Å². The van der Waals surface area contributed by atoms with Crippen molar-refractivity contribution in [2.24, 2.45) is 0 Å². The monoisotopic (exact) mass is 247 g/mol. The second-order valence-corrected chi connectivity index (χ2v) is 5.30. The van der Waals surface area contributed by atoms with Crippen molar-refractivity contribution in [1.29, 1.82) is 0 Å². The Bertz CT molecular complexity index is 403. The third-order valence-electron chi connectivity index (χ3n) is 3.58. The maximum Gasteiger partial charge on any atom is 0.253 e. The molecule has 0 bridgehead atoms. The summed E-state index contributed by atoms with van der Waals surface area (Å²) < 4.78 is 0. The van der Waals surface area contributed by atoms with Gasteiger partial charge in [-0.15, -0.1) is 0 Å². The molecule has 1 saturated heterocycles. The fourth-order valence-corrected chi connectivity index (χ4v) is 2.26. The number of piperidine rings is 1. The summed E-state index contributed by atoms with van der Waals surface area (Å²) in [5.41, 5.74) is 2.00. The van der Waals surface area contributed by atoms with Crippen LogP contribution >= 0.6 is 0 Å². The van der Waals surface area contributed by atoms with Crippen LogP contribution in [-0.4, -0.2) is 35.1 Å². The van der Waals surface area contributed by atoms with Gasteiger partial charge in [0, 0.05) is 18.7 Å². The molecule has 1 aromatic carbocycles. The van der Waals surface area contributed by atoms with Gasteiger partial charge in [0.2, 0.25) is 0 Å². The van der Waals surface area contributed by atoms with Gasteiger partial charge < -0.3 is 10.0 Å². The highest BCUT2D eigenvalue weighted by Crippen LogP contribution is 2.17. The van der Waals surface area contributed by atoms with Crippen LogP contribution in [0.4, 0.5) is 0 Å². The molecule has 1 aliphatic heterocycles. The minimum absolute atomic E-state index is 0.0807. The number of carbonyl (C=O) groups excluding carboxylic acids is 1. The highest BCUT2D eigenvalue weighted by atomic mass is 16.3. The van der Waals surface area contributed by atoms with E-state index >= 15 is 0 Å². The zero-order valence-electron chi connectivity index (χ0n) is 11.1. The molecule has 3 heteroatoms. The molecule has 1 aromatic rings. The summed E-state index contributed by atoms with van der Waals surface area (Å²) in [6.07, 6.45) is 1.14. The second-order valence-electron chi connectivity index (χ2n) is 5.30. The zero-order valence-corrected chi connectivity index (χ0v) is 11.1. The van der Waals surface area contributed by atoms with E-state index in [0.29, 0.717) is 31.8 Å². The molecule has 0 aliphatic carbocycles. The smallest absolute Gasteiger partial charge is 0.253 e. The first kappa shape index (κ1) is 13.1. The SMILES string of the molecule is CC(C)c1ccc(C(=O)N2CCC(O)CC2)cc1. The standard InChI is InChI=1S/C15H21NO2/c1-11(2)12-3-5-13(6-4-12)15(18)16-9-7-14(17)8-10-16/h3-6,11,14,17H,7-10H2,1-2H3. The van der Waals surface area contributed by atoms with Crippen molar-refractivity contribution < 1.29 is 9.90 Å². The maximum atomic E-state index is 12.2. The number of hydrogen-bond donors (Lipinski definition) is 1. The Balaban J connectivity index is 2.04. The summed E-state index contributed by atoms with van der Waals surface area (Å²) in [6.45, 7) is 5.60. The number of benzene rings is 1. The Morgan fingerprint density at radius 3 is 2.28 bits per heavy atom. The lowest BCUT2D eigenvalue weighted by molar-refractivity contribution is 0.0546. The molecular formula is C15H21NO2. The first-order valence-corrected chi connectivity index (χ1v) is 6.65. The molecule has 0 radical (unpaired) electrons. The summed E-state index contributed by atoms with van der Waals surface area (Å²) in [5, 5.41) is 9.44. The summed E-state index contributed by atoms with van der Waals surface area (Å²) >= 11 is 0. The minimum atomic E-state index is -0.239. The first-order valence-electron chi connectivity index (χ1n) is 6.65. The highest BCUT2D eigenvalue weighted by molar-refractivity contribution is 5.94. The molecule has 0 aromatic heterocycles. The normalized spacial score (nSPS) is 17.2. The molecule has 1 heterocycles. The van der Waals surface area contributed by atoms with Gasteiger partial charge in [-0.05, 0) is 36.5 Å². The quantitative estimate of drug-likeness (QED) is 0.872. The number of aliphatic hydroxyl groups excluding tert-OH is 1. The van der Waals surface area contributed by atoms with Crippen LogP contribution in [0.25, 0.3) is 0 Å². The van der Waals surface area contributed by atoms with E-state index in [0.717, 1.165) is 5.56 Å². The van der Waals surface area contributed by atoms with Crippen molar-refractivity contribution in [1.82, 2.24) is 4.90 Å². The molecule has 2 rings (SSSR count). The molecule has 0 spiro atoms. The number of aliphatic hydroxyl groups is 1. The average Bonchev–Trinajstić information content (AvgIpc) is 2.39. The maximum absolute atomic E-state index is 12.2. The minimum Gasteiger partial charge on any atom is -0.393 e. The molecule has 0 saturated carbocycles. The van der Waals surface area contributed by atoms with Gasteiger partial charge in [0.05, 0.1) is 6.10 Å². The van der Waals surface area contributed by atoms with Gasteiger partial charge in [0.25, 0.3) is 5.91 Å². The number of carbonyl (C=O) groups is 1. The van der Waals surface area contributed by atoms with E-state index in [1.165, 1.54) is 5.56 Å². The van der Waals surface area contributed by atoms with E-state index in [2.05, 4.69) is 13.8 Å². The van der Waals surface area contributed by atoms with Gasteiger partial charge in [-0.1, -0.05) is 26.0 Å². The fraction of sp³-hybridized carbons (Fsp3) is 0.533. The number of likely N-dealkylation sites (tertiary alicyclic amines) is 1. The van der Waals surface area contributed by atoms with Crippen LogP contribution in [0.5, 0.6) is 0 Å². The number of amides is 1. The molecule has 1 amide bonds. The van der Waals surface area contributed by atoms with E-state index in [1.54, 1.807) is 0 Å². The van der Waals surface area contributed by atoms with Crippen LogP contribution in [0.2, 0.25) is 0 Å². The van der Waals surface area contributed by atoms with Crippen molar-refractivity contribution in [2.75, 3.05) is 13.1 Å². The van der Waals surface area contributed by atoms with E-state index in [9.17, 15) is 9.90 Å². The molecule has 98 valence electrons. The zero-order chi connectivity index (χ0) is 13.1. The Hall–Kier alpha value is -1.35. The van der Waals surface area contributed by atoms with E-state index in [4.69, 9.17) is 0 Å². The van der Waals surface area contributed by atoms with E-state index < -0.39 is 0 Å². The average molecular weight is 247 g/mol. The Labute approximate surface area is 108 Å². The van der Waals surface area contributed by atoms with Crippen molar-refractivity contribution in [3.05, 3.63) is 35.4 Å². The largest absolute Gasteiger partial charge is 0.393 e. The van der Waals surface area contributed by atoms with Gasteiger partial charge in [-0.3, -0.25) is 4.79 Å². The summed E-state index contributed by atoms with van der Waals surface area (Å²) in [6, 6.07) is 7.86. The lowest BCUT2D eigenvalue weighted by atomic mass is 10.0. The van der Waals surface area contributed by atoms with Crippen molar-refractivity contribution >= 4 is 5.91 Å². The van der Waals surface area contributed by atoms with Crippen molar-refractivity contribution in [3.63, 3.8) is 0 Å². The van der Waals surface area contributed by atoms with Gasteiger partial charge in [-0.25, -0.2) is 0 Å². The Kier molecular flexibility index (Phi) is 4.02. The van der Waals surface area contributed by atoms with Gasteiger partial charge in [0.1, 0.15) is 0 Å². The van der Waals surface area contributed by atoms with Gasteiger partial charge in [-0.2, -0.15) is 0 Å². The summed E-state index contributed by atoms with van der Waals surface area (Å²) in [5.74, 6) is 0.566. The number of hydrogen-bond acceptors (Lipinski definition) is 2. The summed E-state index contributed by atoms with van der Waals surface area (Å²) in [7, 11) is 0. The third kappa shape index (κ3) is 2.91. The van der Waals surface area contributed by atoms with Crippen molar-refractivity contribution in [3.8, 4) is 0 Å². The molecule has 1 fully saturated rings. The highest BCUT2D eigenvalue weighted by Gasteiger charge is 2.22. The number of rotatable bonds is 2. The fourth-order valence-electron chi connectivity index (χ4n) is 2.26. The molecule has 0 atom stereocenters. The number of nitrogens with zero attached hydrogens (tertiary/aromatic N) is 1. The van der Waals surface area contributed by atoms with Crippen LogP contribution in [0.15, 0.2) is 24.3 Å². The lowest BCUT2D eigenvalue weighted by Gasteiger charge is -2.29. The lowest BCUT2D eigenvalue weighted by Crippen LogP contribution is -2.40. The predicted molar refractivity (Wildman–Crippen MR) is 71.7 cm³/mol. The second kappa shape index (κ2) is 5.53. The topological polar surface area (TPSA) is 40.5 Å². The molecule has 1 aliphatic rings. The third-order valence-corrected chi connectivity index (χ3v) is 3.58. The summed E-state index contributed by atoms with van der Waals surface area (Å²) in [4.78, 5) is 14.1. The van der Waals surface area contributed by atoms with Crippen LogP contribution in [0.3, 0.4) is 0 Å². The van der Waals surface area contributed by atoms with Gasteiger partial charge in [0.15, 0.2) is 0 Å². The van der Waals surface area contributed by atoms with Crippen LogP contribution in [-0.2, 0) is 0 Å². The van der Waals surface area contributed by atoms with Crippen LogP contribution in [0.1, 0.15) is 48.5 Å². The van der Waals surface area contributed by atoms with Crippen LogP contribution < -0.4 is 0 Å². The Morgan fingerprint density at radius 2 is 1.78 bits per heavy atom. The van der Waals surface area contributed by atoms with E-state index in [-0.39, 0.29) is 12.0 Å². The molecule has 0 unspecified atom stereocenters. The molecule has 3 nitrogen and oxygen atoms in total. The van der Waals surface area contributed by atoms with Crippen molar-refractivity contribution in [2.45, 2.75) is 38.7 Å².